The lowest BCUT2D eigenvalue weighted by Crippen LogP contribution is -2.14. The fourth-order valence-electron chi connectivity index (χ4n) is 1.38. The van der Waals surface area contributed by atoms with Gasteiger partial charge in [-0.2, -0.15) is 5.10 Å². The summed E-state index contributed by atoms with van der Waals surface area (Å²) < 4.78 is 0.761. The van der Waals surface area contributed by atoms with Crippen molar-refractivity contribution < 1.29 is 4.79 Å². The second-order valence-corrected chi connectivity index (χ2v) is 4.96. The minimum Gasteiger partial charge on any atom is -0.395 e. The summed E-state index contributed by atoms with van der Waals surface area (Å²) in [6.45, 7) is 1.75. The number of nitrogen functional groups attached to an aromatic ring is 1. The molecule has 0 radical (unpaired) electrons. The van der Waals surface area contributed by atoms with Crippen LogP contribution in [0.15, 0.2) is 22.7 Å². The number of hydrogen-bond acceptors (Lipinski definition) is 3. The summed E-state index contributed by atoms with van der Waals surface area (Å²) in [5, 5.41) is 9.69. The van der Waals surface area contributed by atoms with Crippen molar-refractivity contribution in [1.82, 2.24) is 10.2 Å². The molecule has 5 nitrogen and oxygen atoms in total. The number of nitrogens with two attached hydrogens (primary N) is 1. The second kappa shape index (κ2) is 4.99. The van der Waals surface area contributed by atoms with Crippen LogP contribution >= 0.6 is 27.5 Å². The van der Waals surface area contributed by atoms with Gasteiger partial charge in [0.05, 0.1) is 16.4 Å². The topological polar surface area (TPSA) is 83.8 Å². The minimum absolute atomic E-state index is 0.173. The van der Waals surface area contributed by atoms with E-state index in [1.54, 1.807) is 25.1 Å². The highest BCUT2D eigenvalue weighted by atomic mass is 79.9. The molecule has 94 valence electrons. The number of nitrogens with zero attached hydrogens (tertiary/aromatic N) is 1. The summed E-state index contributed by atoms with van der Waals surface area (Å²) in [5.74, 6) is -0.379. The number of hydrogen-bond donors (Lipinski definition) is 3. The molecule has 0 fully saturated rings. The maximum Gasteiger partial charge on any atom is 0.278 e. The number of aryl methyl sites for hydroxylation is 1. The molecular formula is C11H10BrClN4O. The number of amides is 1. The predicted molar refractivity (Wildman–Crippen MR) is 74.8 cm³/mol. The Kier molecular flexibility index (Phi) is 3.58. The summed E-state index contributed by atoms with van der Waals surface area (Å²) in [6.07, 6.45) is 0. The number of aromatic nitrogens is 2. The van der Waals surface area contributed by atoms with Gasteiger partial charge in [0.25, 0.3) is 5.91 Å². The average Bonchev–Trinajstić information content (AvgIpc) is 2.65. The Labute approximate surface area is 117 Å². The van der Waals surface area contributed by atoms with Crippen LogP contribution in [0.5, 0.6) is 0 Å². The molecule has 0 saturated heterocycles. The van der Waals surface area contributed by atoms with Crippen molar-refractivity contribution >= 4 is 44.8 Å². The van der Waals surface area contributed by atoms with E-state index < -0.39 is 0 Å². The van der Waals surface area contributed by atoms with Gasteiger partial charge in [-0.3, -0.25) is 9.89 Å². The molecule has 0 atom stereocenters. The van der Waals surface area contributed by atoms with E-state index in [0.717, 1.165) is 4.47 Å². The van der Waals surface area contributed by atoms with Gasteiger partial charge in [0.1, 0.15) is 0 Å². The normalized spacial score (nSPS) is 10.4. The number of rotatable bonds is 2. The zero-order valence-corrected chi connectivity index (χ0v) is 11.8. The average molecular weight is 330 g/mol. The van der Waals surface area contributed by atoms with Crippen LogP contribution in [0.4, 0.5) is 11.4 Å². The molecule has 4 N–H and O–H groups in total. The summed E-state index contributed by atoms with van der Waals surface area (Å²) in [6, 6.07) is 5.11. The number of benzene rings is 1. The summed E-state index contributed by atoms with van der Waals surface area (Å²) in [4.78, 5) is 11.9. The molecule has 7 heteroatoms. The first-order valence-corrected chi connectivity index (χ1v) is 6.23. The van der Waals surface area contributed by atoms with Crippen molar-refractivity contribution in [2.75, 3.05) is 11.1 Å². The fourth-order valence-corrected chi connectivity index (χ4v) is 1.80. The third kappa shape index (κ3) is 2.49. The van der Waals surface area contributed by atoms with E-state index in [1.165, 1.54) is 0 Å². The van der Waals surface area contributed by atoms with Crippen LogP contribution in [0.3, 0.4) is 0 Å². The molecule has 0 unspecified atom stereocenters. The lowest BCUT2D eigenvalue weighted by Gasteiger charge is -2.05. The number of aromatic amines is 1. The second-order valence-electron chi connectivity index (χ2n) is 3.69. The van der Waals surface area contributed by atoms with Gasteiger partial charge >= 0.3 is 0 Å². The first kappa shape index (κ1) is 12.9. The van der Waals surface area contributed by atoms with Gasteiger partial charge in [-0.25, -0.2) is 0 Å². The fraction of sp³-hybridized carbons (Fsp3) is 0.0909. The van der Waals surface area contributed by atoms with E-state index in [-0.39, 0.29) is 11.6 Å². The van der Waals surface area contributed by atoms with Gasteiger partial charge in [0.15, 0.2) is 5.69 Å². The molecule has 2 rings (SSSR count). The predicted octanol–water partition coefficient (Wildman–Crippen LogP) is 2.97. The largest absolute Gasteiger partial charge is 0.395 e. The molecule has 0 bridgehead atoms. The van der Waals surface area contributed by atoms with Crippen LogP contribution in [0.1, 0.15) is 16.2 Å². The first-order valence-electron chi connectivity index (χ1n) is 5.06. The van der Waals surface area contributed by atoms with E-state index in [0.29, 0.717) is 22.1 Å². The van der Waals surface area contributed by atoms with Crippen molar-refractivity contribution in [1.29, 1.82) is 0 Å². The Morgan fingerprint density at radius 1 is 1.56 bits per heavy atom. The van der Waals surface area contributed by atoms with Crippen molar-refractivity contribution in [3.8, 4) is 0 Å². The minimum atomic E-state index is -0.379. The maximum absolute atomic E-state index is 11.9. The molecule has 18 heavy (non-hydrogen) atoms. The molecule has 1 aromatic heterocycles. The van der Waals surface area contributed by atoms with E-state index in [1.807, 2.05) is 0 Å². The molecule has 0 aliphatic carbocycles. The highest BCUT2D eigenvalue weighted by Crippen LogP contribution is 2.26. The van der Waals surface area contributed by atoms with E-state index >= 15 is 0 Å². The lowest BCUT2D eigenvalue weighted by molar-refractivity contribution is 0.102. The molecule has 2 aromatic rings. The lowest BCUT2D eigenvalue weighted by atomic mass is 10.2. The molecule has 1 aromatic carbocycles. The van der Waals surface area contributed by atoms with Gasteiger partial charge in [-0.1, -0.05) is 11.6 Å². The molecule has 0 spiro atoms. The van der Waals surface area contributed by atoms with Crippen LogP contribution in [0, 0.1) is 6.92 Å². The van der Waals surface area contributed by atoms with E-state index in [2.05, 4.69) is 31.4 Å². The number of H-pyrrole nitrogens is 1. The SMILES string of the molecule is Cc1[nH]nc(C(=O)Nc2ccc(Br)c(Cl)c2)c1N. The van der Waals surface area contributed by atoms with Crippen LogP contribution in [0.2, 0.25) is 5.02 Å². The van der Waals surface area contributed by atoms with Gasteiger partial charge in [-0.05, 0) is 41.1 Å². The molecule has 0 aliphatic rings. The monoisotopic (exact) mass is 328 g/mol. The van der Waals surface area contributed by atoms with Crippen LogP contribution in [0.25, 0.3) is 0 Å². The Balaban J connectivity index is 2.21. The molecule has 1 amide bonds. The van der Waals surface area contributed by atoms with Crippen molar-refractivity contribution in [3.63, 3.8) is 0 Å². The Morgan fingerprint density at radius 2 is 2.28 bits per heavy atom. The van der Waals surface area contributed by atoms with Crippen LogP contribution in [-0.2, 0) is 0 Å². The molecular weight excluding hydrogens is 320 g/mol. The number of anilines is 2. The van der Waals surface area contributed by atoms with Gasteiger partial charge in [-0.15, -0.1) is 0 Å². The summed E-state index contributed by atoms with van der Waals surface area (Å²) >= 11 is 9.21. The number of nitrogens with one attached hydrogen (secondary N) is 2. The molecule has 0 aliphatic heterocycles. The van der Waals surface area contributed by atoms with Gasteiger partial charge in [0, 0.05) is 10.2 Å². The Hall–Kier alpha value is -1.53. The van der Waals surface area contributed by atoms with Crippen molar-refractivity contribution in [2.45, 2.75) is 6.92 Å². The molecule has 1 heterocycles. The standard InChI is InChI=1S/C11H10BrClN4O/c1-5-9(14)10(17-16-5)11(18)15-6-2-3-7(12)8(13)4-6/h2-4H,14H2,1H3,(H,15,18)(H,16,17). The summed E-state index contributed by atoms with van der Waals surface area (Å²) in [7, 11) is 0. The van der Waals surface area contributed by atoms with Gasteiger partial charge in [0.2, 0.25) is 0 Å². The van der Waals surface area contributed by atoms with E-state index in [4.69, 9.17) is 17.3 Å². The zero-order chi connectivity index (χ0) is 13.3. The molecule has 0 saturated carbocycles. The number of halogens is 2. The highest BCUT2D eigenvalue weighted by Gasteiger charge is 2.15. The highest BCUT2D eigenvalue weighted by molar-refractivity contribution is 9.10. The van der Waals surface area contributed by atoms with Crippen molar-refractivity contribution in [2.24, 2.45) is 0 Å². The van der Waals surface area contributed by atoms with E-state index in [9.17, 15) is 4.79 Å². The number of carbonyl (C=O) groups excluding carboxylic acids is 1. The number of carbonyl (C=O) groups is 1. The zero-order valence-electron chi connectivity index (χ0n) is 9.42. The Bertz CT molecular complexity index is 611. The smallest absolute Gasteiger partial charge is 0.278 e. The van der Waals surface area contributed by atoms with Crippen molar-refractivity contribution in [3.05, 3.63) is 39.1 Å². The van der Waals surface area contributed by atoms with Crippen LogP contribution < -0.4 is 11.1 Å². The van der Waals surface area contributed by atoms with Crippen LogP contribution in [-0.4, -0.2) is 16.1 Å². The van der Waals surface area contributed by atoms with Gasteiger partial charge < -0.3 is 11.1 Å². The third-order valence-electron chi connectivity index (χ3n) is 2.39. The maximum atomic E-state index is 11.9. The summed E-state index contributed by atoms with van der Waals surface area (Å²) in [5.41, 5.74) is 7.48. The first-order chi connectivity index (χ1) is 8.49. The Morgan fingerprint density at radius 3 is 2.83 bits per heavy atom. The third-order valence-corrected chi connectivity index (χ3v) is 3.62. The quantitative estimate of drug-likeness (QED) is 0.792.